The summed E-state index contributed by atoms with van der Waals surface area (Å²) in [7, 11) is 1.50. The van der Waals surface area contributed by atoms with Gasteiger partial charge in [-0.15, -0.1) is 0 Å². The van der Waals surface area contributed by atoms with Gasteiger partial charge >= 0.3 is 0 Å². The van der Waals surface area contributed by atoms with Crippen LogP contribution in [0.1, 0.15) is 16.7 Å². The average molecular weight is 522 g/mol. The molecule has 0 heterocycles. The minimum Gasteiger partial charge on any atom is -0.493 e. The van der Waals surface area contributed by atoms with Crippen LogP contribution < -0.4 is 14.8 Å². The molecule has 0 unspecified atom stereocenters. The molecule has 0 aliphatic heterocycles. The minimum absolute atomic E-state index is 0.171. The van der Waals surface area contributed by atoms with Gasteiger partial charge in [0.2, 0.25) is 0 Å². The monoisotopic (exact) mass is 521 g/mol. The lowest BCUT2D eigenvalue weighted by Crippen LogP contribution is -2.13. The summed E-state index contributed by atoms with van der Waals surface area (Å²) in [4.78, 5) is 23.0. The van der Waals surface area contributed by atoms with Crippen molar-refractivity contribution in [3.8, 4) is 17.6 Å². The predicted octanol–water partition coefficient (Wildman–Crippen LogP) is 5.80. The van der Waals surface area contributed by atoms with Crippen molar-refractivity contribution >= 4 is 39.3 Å². The molecule has 172 valence electrons. The Hall–Kier alpha value is -4.16. The zero-order chi connectivity index (χ0) is 24.7. The van der Waals surface area contributed by atoms with E-state index in [1.807, 2.05) is 37.3 Å². The second kappa shape index (κ2) is 11.1. The van der Waals surface area contributed by atoms with Gasteiger partial charge in [0.25, 0.3) is 11.6 Å². The van der Waals surface area contributed by atoms with Crippen LogP contribution in [0, 0.1) is 28.4 Å². The zero-order valence-corrected chi connectivity index (χ0v) is 20.0. The summed E-state index contributed by atoms with van der Waals surface area (Å²) in [6.45, 7) is 2.34. The summed E-state index contributed by atoms with van der Waals surface area (Å²) >= 11 is 3.47. The van der Waals surface area contributed by atoms with Crippen LogP contribution in [-0.4, -0.2) is 17.9 Å². The smallest absolute Gasteiger partial charge is 0.271 e. The van der Waals surface area contributed by atoms with E-state index in [2.05, 4.69) is 21.2 Å². The number of carbonyl (C=O) groups is 1. The SMILES string of the molecule is COc1cc(C=C(C#N)C(=O)Nc2cccc([N+](=O)[O-])c2)cc(Br)c1OCc1ccccc1C. The lowest BCUT2D eigenvalue weighted by atomic mass is 10.1. The molecule has 1 N–H and O–H groups in total. The fourth-order valence-corrected chi connectivity index (χ4v) is 3.67. The van der Waals surface area contributed by atoms with E-state index in [4.69, 9.17) is 9.47 Å². The third-order valence-electron chi connectivity index (χ3n) is 4.88. The predicted molar refractivity (Wildman–Crippen MR) is 132 cm³/mol. The second-order valence-electron chi connectivity index (χ2n) is 7.18. The lowest BCUT2D eigenvalue weighted by molar-refractivity contribution is -0.384. The van der Waals surface area contributed by atoms with Crippen molar-refractivity contribution in [2.45, 2.75) is 13.5 Å². The van der Waals surface area contributed by atoms with Crippen molar-refractivity contribution in [1.29, 1.82) is 5.26 Å². The maximum absolute atomic E-state index is 12.6. The zero-order valence-electron chi connectivity index (χ0n) is 18.4. The molecule has 3 aromatic carbocycles. The molecule has 0 saturated heterocycles. The molecule has 0 spiro atoms. The van der Waals surface area contributed by atoms with E-state index in [1.54, 1.807) is 12.1 Å². The van der Waals surface area contributed by atoms with E-state index in [0.29, 0.717) is 28.1 Å². The van der Waals surface area contributed by atoms with Crippen LogP contribution in [0.15, 0.2) is 70.7 Å². The minimum atomic E-state index is -0.696. The van der Waals surface area contributed by atoms with Gasteiger partial charge in [-0.1, -0.05) is 30.3 Å². The summed E-state index contributed by atoms with van der Waals surface area (Å²) in [5, 5.41) is 23.0. The quantitative estimate of drug-likeness (QED) is 0.173. The fraction of sp³-hybridized carbons (Fsp3) is 0.120. The molecule has 0 aliphatic carbocycles. The highest BCUT2D eigenvalue weighted by molar-refractivity contribution is 9.10. The number of non-ortho nitro benzene ring substituents is 1. The first-order valence-corrected chi connectivity index (χ1v) is 10.8. The molecule has 8 nitrogen and oxygen atoms in total. The number of aryl methyl sites for hydroxylation is 1. The Morgan fingerprint density at radius 3 is 2.65 bits per heavy atom. The molecule has 3 aromatic rings. The number of anilines is 1. The molecule has 1 amide bonds. The molecule has 0 aromatic heterocycles. The largest absolute Gasteiger partial charge is 0.493 e. The number of halogens is 1. The topological polar surface area (TPSA) is 114 Å². The maximum Gasteiger partial charge on any atom is 0.271 e. The van der Waals surface area contributed by atoms with Gasteiger partial charge in [0.05, 0.1) is 16.5 Å². The van der Waals surface area contributed by atoms with Crippen LogP contribution in [-0.2, 0) is 11.4 Å². The molecule has 0 saturated carbocycles. The van der Waals surface area contributed by atoms with E-state index in [1.165, 1.54) is 37.5 Å². The molecule has 0 radical (unpaired) electrons. The second-order valence-corrected chi connectivity index (χ2v) is 8.03. The molecule has 0 aliphatic rings. The average Bonchev–Trinajstić information content (AvgIpc) is 2.82. The van der Waals surface area contributed by atoms with Crippen LogP contribution >= 0.6 is 15.9 Å². The van der Waals surface area contributed by atoms with E-state index in [0.717, 1.165) is 11.1 Å². The number of nitro groups is 1. The Morgan fingerprint density at radius 1 is 1.21 bits per heavy atom. The standard InChI is InChI=1S/C25H20BrN3O5/c1-16-6-3-4-7-18(16)15-34-24-22(26)11-17(12-23(24)33-2)10-19(14-27)25(30)28-20-8-5-9-21(13-20)29(31)32/h3-13H,15H2,1-2H3,(H,28,30). The number of hydrogen-bond acceptors (Lipinski definition) is 6. The third-order valence-corrected chi connectivity index (χ3v) is 5.46. The van der Waals surface area contributed by atoms with Gasteiger partial charge < -0.3 is 14.8 Å². The Morgan fingerprint density at radius 2 is 1.97 bits per heavy atom. The Bertz CT molecular complexity index is 1310. The van der Waals surface area contributed by atoms with Crippen molar-refractivity contribution in [3.63, 3.8) is 0 Å². The number of nitriles is 1. The van der Waals surface area contributed by atoms with Gasteiger partial charge in [0.15, 0.2) is 11.5 Å². The summed E-state index contributed by atoms with van der Waals surface area (Å²) in [5.41, 5.74) is 2.51. The molecule has 0 fully saturated rings. The number of nitrogens with zero attached hydrogens (tertiary/aromatic N) is 2. The summed E-state index contributed by atoms with van der Waals surface area (Å²) in [6, 6.07) is 18.6. The summed E-state index contributed by atoms with van der Waals surface area (Å²) in [5.74, 6) is 0.214. The number of carbonyl (C=O) groups excluding carboxylic acids is 1. The molecular weight excluding hydrogens is 502 g/mol. The molecule has 34 heavy (non-hydrogen) atoms. The normalized spacial score (nSPS) is 10.8. The van der Waals surface area contributed by atoms with E-state index < -0.39 is 10.8 Å². The van der Waals surface area contributed by atoms with Crippen LogP contribution in [0.5, 0.6) is 11.5 Å². The highest BCUT2D eigenvalue weighted by Crippen LogP contribution is 2.38. The van der Waals surface area contributed by atoms with Gasteiger partial charge in [-0.25, -0.2) is 0 Å². The third kappa shape index (κ3) is 5.99. The van der Waals surface area contributed by atoms with Gasteiger partial charge in [0, 0.05) is 17.8 Å². The van der Waals surface area contributed by atoms with Gasteiger partial charge in [-0.3, -0.25) is 14.9 Å². The number of hydrogen-bond donors (Lipinski definition) is 1. The number of nitro benzene ring substituents is 1. The molecule has 0 atom stereocenters. The Labute approximate surface area is 204 Å². The number of benzene rings is 3. The van der Waals surface area contributed by atoms with Gasteiger partial charge in [-0.2, -0.15) is 5.26 Å². The highest BCUT2D eigenvalue weighted by atomic mass is 79.9. The van der Waals surface area contributed by atoms with Crippen molar-refractivity contribution in [1.82, 2.24) is 0 Å². The van der Waals surface area contributed by atoms with Crippen molar-refractivity contribution in [2.75, 3.05) is 12.4 Å². The van der Waals surface area contributed by atoms with Crippen LogP contribution in [0.4, 0.5) is 11.4 Å². The molecule has 0 bridgehead atoms. The Balaban J connectivity index is 1.83. The number of rotatable bonds is 8. The molecular formula is C25H20BrN3O5. The number of nitrogens with one attached hydrogen (secondary N) is 1. The van der Waals surface area contributed by atoms with Crippen molar-refractivity contribution in [2.24, 2.45) is 0 Å². The van der Waals surface area contributed by atoms with Crippen molar-refractivity contribution < 1.29 is 19.2 Å². The van der Waals surface area contributed by atoms with E-state index in [-0.39, 0.29) is 16.9 Å². The first-order valence-electron chi connectivity index (χ1n) is 10.0. The fourth-order valence-electron chi connectivity index (χ4n) is 3.10. The lowest BCUT2D eigenvalue weighted by Gasteiger charge is -2.14. The molecule has 9 heteroatoms. The Kier molecular flexibility index (Phi) is 8.01. The molecule has 3 rings (SSSR count). The van der Waals surface area contributed by atoms with Gasteiger partial charge in [0.1, 0.15) is 18.2 Å². The van der Waals surface area contributed by atoms with E-state index >= 15 is 0 Å². The van der Waals surface area contributed by atoms with Crippen LogP contribution in [0.25, 0.3) is 6.08 Å². The maximum atomic E-state index is 12.6. The van der Waals surface area contributed by atoms with Crippen LogP contribution in [0.3, 0.4) is 0 Å². The van der Waals surface area contributed by atoms with Crippen LogP contribution in [0.2, 0.25) is 0 Å². The first-order chi connectivity index (χ1) is 16.3. The summed E-state index contributed by atoms with van der Waals surface area (Å²) in [6.07, 6.45) is 1.39. The first kappa shape index (κ1) is 24.5. The number of ether oxygens (including phenoxy) is 2. The van der Waals surface area contributed by atoms with Crippen molar-refractivity contribution in [3.05, 3.63) is 97.5 Å². The highest BCUT2D eigenvalue weighted by Gasteiger charge is 2.15. The summed E-state index contributed by atoms with van der Waals surface area (Å²) < 4.78 is 12.0. The van der Waals surface area contributed by atoms with E-state index in [9.17, 15) is 20.2 Å². The number of methoxy groups -OCH3 is 1. The van der Waals surface area contributed by atoms with Gasteiger partial charge in [-0.05, 0) is 63.8 Å². The number of amides is 1.